The molecule has 2 amide bonds. The first-order valence-electron chi connectivity index (χ1n) is 8.77. The Hall–Kier alpha value is -2.69. The Bertz CT molecular complexity index is 724. The van der Waals surface area contributed by atoms with E-state index in [1.807, 2.05) is 62.4 Å². The van der Waals surface area contributed by atoms with Crippen molar-refractivity contribution < 1.29 is 14.3 Å². The Kier molecular flexibility index (Phi) is 6.50. The molecule has 0 fully saturated rings. The summed E-state index contributed by atoms with van der Waals surface area (Å²) in [6.45, 7) is 8.58. The number of ether oxygens (including phenoxy) is 2. The molecule has 0 heterocycles. The first-order valence-corrected chi connectivity index (χ1v) is 8.77. The molecule has 0 radical (unpaired) electrons. The van der Waals surface area contributed by atoms with Crippen molar-refractivity contribution in [2.24, 2.45) is 0 Å². The SMILES string of the molecule is COc1ccc(C(C)(C)CNC(=O)Nc2ccccc2OC(C)C)cc1. The third-order valence-corrected chi connectivity index (χ3v) is 4.06. The van der Waals surface area contributed by atoms with Crippen molar-refractivity contribution in [3.05, 3.63) is 54.1 Å². The van der Waals surface area contributed by atoms with Crippen LogP contribution in [0, 0.1) is 0 Å². The maximum Gasteiger partial charge on any atom is 0.319 e. The Morgan fingerprint density at radius 1 is 1.08 bits per heavy atom. The number of anilines is 1. The van der Waals surface area contributed by atoms with E-state index >= 15 is 0 Å². The molecule has 26 heavy (non-hydrogen) atoms. The fraction of sp³-hybridized carbons (Fsp3) is 0.381. The third kappa shape index (κ3) is 5.41. The lowest BCUT2D eigenvalue weighted by molar-refractivity contribution is 0.241. The lowest BCUT2D eigenvalue weighted by atomic mass is 9.84. The maximum absolute atomic E-state index is 12.3. The number of amides is 2. The van der Waals surface area contributed by atoms with Crippen LogP contribution in [-0.4, -0.2) is 25.8 Å². The number of urea groups is 1. The predicted molar refractivity (Wildman–Crippen MR) is 105 cm³/mol. The lowest BCUT2D eigenvalue weighted by Gasteiger charge is -2.26. The molecule has 0 saturated carbocycles. The van der Waals surface area contributed by atoms with E-state index in [0.29, 0.717) is 18.0 Å². The molecule has 0 spiro atoms. The number of rotatable bonds is 7. The number of methoxy groups -OCH3 is 1. The average Bonchev–Trinajstić information content (AvgIpc) is 2.61. The summed E-state index contributed by atoms with van der Waals surface area (Å²) >= 11 is 0. The van der Waals surface area contributed by atoms with Crippen LogP contribution in [0.2, 0.25) is 0 Å². The van der Waals surface area contributed by atoms with Crippen molar-refractivity contribution in [3.8, 4) is 11.5 Å². The van der Waals surface area contributed by atoms with E-state index in [9.17, 15) is 4.79 Å². The van der Waals surface area contributed by atoms with Crippen molar-refractivity contribution in [1.82, 2.24) is 5.32 Å². The second kappa shape index (κ2) is 8.61. The molecule has 0 atom stereocenters. The first-order chi connectivity index (χ1) is 12.3. The van der Waals surface area contributed by atoms with E-state index in [1.54, 1.807) is 7.11 Å². The summed E-state index contributed by atoms with van der Waals surface area (Å²) in [6, 6.07) is 15.0. The topological polar surface area (TPSA) is 59.6 Å². The third-order valence-electron chi connectivity index (χ3n) is 4.06. The number of hydrogen-bond acceptors (Lipinski definition) is 3. The first kappa shape index (κ1) is 19.6. The van der Waals surface area contributed by atoms with Gasteiger partial charge in [-0.05, 0) is 43.7 Å². The smallest absolute Gasteiger partial charge is 0.319 e. The summed E-state index contributed by atoms with van der Waals surface area (Å²) in [4.78, 5) is 12.3. The Morgan fingerprint density at radius 2 is 1.73 bits per heavy atom. The highest BCUT2D eigenvalue weighted by atomic mass is 16.5. The van der Waals surface area contributed by atoms with Gasteiger partial charge in [0.05, 0.1) is 18.9 Å². The molecule has 2 aromatic rings. The molecule has 0 aliphatic rings. The molecule has 140 valence electrons. The van der Waals surface area contributed by atoms with E-state index in [1.165, 1.54) is 0 Å². The average molecular weight is 356 g/mol. The molecule has 0 aromatic heterocycles. The quantitative estimate of drug-likeness (QED) is 0.763. The molecular weight excluding hydrogens is 328 g/mol. The zero-order chi connectivity index (χ0) is 19.2. The van der Waals surface area contributed by atoms with Crippen LogP contribution in [0.1, 0.15) is 33.3 Å². The van der Waals surface area contributed by atoms with Crippen LogP contribution in [0.4, 0.5) is 10.5 Å². The van der Waals surface area contributed by atoms with Gasteiger partial charge in [0.1, 0.15) is 11.5 Å². The number of carbonyl (C=O) groups is 1. The molecule has 0 saturated heterocycles. The minimum atomic E-state index is -0.258. The minimum absolute atomic E-state index is 0.0371. The molecule has 5 nitrogen and oxygen atoms in total. The van der Waals surface area contributed by atoms with Gasteiger partial charge in [0.2, 0.25) is 0 Å². The van der Waals surface area contributed by atoms with Gasteiger partial charge in [-0.3, -0.25) is 0 Å². The van der Waals surface area contributed by atoms with Gasteiger partial charge in [0.15, 0.2) is 0 Å². The van der Waals surface area contributed by atoms with E-state index in [2.05, 4.69) is 24.5 Å². The highest BCUT2D eigenvalue weighted by Crippen LogP contribution is 2.26. The Morgan fingerprint density at radius 3 is 2.35 bits per heavy atom. The van der Waals surface area contributed by atoms with Crippen LogP contribution in [0.3, 0.4) is 0 Å². The Labute approximate surface area is 155 Å². The van der Waals surface area contributed by atoms with Crippen molar-refractivity contribution >= 4 is 11.7 Å². The van der Waals surface area contributed by atoms with Crippen molar-refractivity contribution in [2.45, 2.75) is 39.2 Å². The summed E-state index contributed by atoms with van der Waals surface area (Å²) in [5.74, 6) is 1.48. The highest BCUT2D eigenvalue weighted by molar-refractivity contribution is 5.90. The minimum Gasteiger partial charge on any atom is -0.497 e. The van der Waals surface area contributed by atoms with Crippen LogP contribution in [0.5, 0.6) is 11.5 Å². The molecule has 0 aliphatic heterocycles. The summed E-state index contributed by atoms with van der Waals surface area (Å²) in [5, 5.41) is 5.81. The molecule has 2 N–H and O–H groups in total. The van der Waals surface area contributed by atoms with Crippen LogP contribution in [-0.2, 0) is 5.41 Å². The molecule has 2 rings (SSSR count). The monoisotopic (exact) mass is 356 g/mol. The van der Waals surface area contributed by atoms with Crippen LogP contribution in [0.15, 0.2) is 48.5 Å². The van der Waals surface area contributed by atoms with Crippen LogP contribution < -0.4 is 20.1 Å². The lowest BCUT2D eigenvalue weighted by Crippen LogP contribution is -2.39. The van der Waals surface area contributed by atoms with E-state index in [0.717, 1.165) is 11.3 Å². The van der Waals surface area contributed by atoms with Gasteiger partial charge in [0, 0.05) is 12.0 Å². The van der Waals surface area contributed by atoms with E-state index < -0.39 is 0 Å². The summed E-state index contributed by atoms with van der Waals surface area (Å²) in [7, 11) is 1.65. The standard InChI is InChI=1S/C21H28N2O3/c1-15(2)26-19-9-7-6-8-18(19)23-20(24)22-14-21(3,4)16-10-12-17(25-5)13-11-16/h6-13,15H,14H2,1-5H3,(H2,22,23,24). The molecule has 0 bridgehead atoms. The number of carbonyl (C=O) groups excluding carboxylic acids is 1. The molecule has 5 heteroatoms. The second-order valence-electron chi connectivity index (χ2n) is 7.08. The van der Waals surface area contributed by atoms with Crippen LogP contribution >= 0.6 is 0 Å². The second-order valence-corrected chi connectivity index (χ2v) is 7.08. The summed E-state index contributed by atoms with van der Waals surface area (Å²) in [6.07, 6.45) is 0.0371. The van der Waals surface area contributed by atoms with Crippen molar-refractivity contribution in [2.75, 3.05) is 19.0 Å². The van der Waals surface area contributed by atoms with Gasteiger partial charge < -0.3 is 20.1 Å². The van der Waals surface area contributed by atoms with Gasteiger partial charge in [0.25, 0.3) is 0 Å². The van der Waals surface area contributed by atoms with Gasteiger partial charge in [-0.15, -0.1) is 0 Å². The largest absolute Gasteiger partial charge is 0.497 e. The fourth-order valence-electron chi connectivity index (χ4n) is 2.54. The zero-order valence-corrected chi connectivity index (χ0v) is 16.1. The number of nitrogens with one attached hydrogen (secondary N) is 2. The Balaban J connectivity index is 1.97. The van der Waals surface area contributed by atoms with Gasteiger partial charge in [-0.1, -0.05) is 38.1 Å². The highest BCUT2D eigenvalue weighted by Gasteiger charge is 2.21. The maximum atomic E-state index is 12.3. The normalized spacial score (nSPS) is 11.2. The van der Waals surface area contributed by atoms with Gasteiger partial charge >= 0.3 is 6.03 Å². The van der Waals surface area contributed by atoms with Crippen molar-refractivity contribution in [3.63, 3.8) is 0 Å². The number of para-hydroxylation sites is 2. The van der Waals surface area contributed by atoms with Crippen LogP contribution in [0.25, 0.3) is 0 Å². The van der Waals surface area contributed by atoms with E-state index in [4.69, 9.17) is 9.47 Å². The fourth-order valence-corrected chi connectivity index (χ4v) is 2.54. The number of benzene rings is 2. The summed E-state index contributed by atoms with van der Waals surface area (Å²) in [5.41, 5.74) is 1.57. The van der Waals surface area contributed by atoms with Gasteiger partial charge in [-0.2, -0.15) is 0 Å². The van der Waals surface area contributed by atoms with Gasteiger partial charge in [-0.25, -0.2) is 4.79 Å². The molecule has 0 unspecified atom stereocenters. The predicted octanol–water partition coefficient (Wildman–Crippen LogP) is 4.58. The van der Waals surface area contributed by atoms with E-state index in [-0.39, 0.29) is 17.6 Å². The molecule has 0 aliphatic carbocycles. The summed E-state index contributed by atoms with van der Waals surface area (Å²) < 4.78 is 10.9. The van der Waals surface area contributed by atoms with Crippen molar-refractivity contribution in [1.29, 1.82) is 0 Å². The zero-order valence-electron chi connectivity index (χ0n) is 16.1. The molecular formula is C21H28N2O3. The molecule has 2 aromatic carbocycles. The number of hydrogen-bond donors (Lipinski definition) is 2.